The van der Waals surface area contributed by atoms with Crippen LogP contribution in [-0.2, 0) is 39.3 Å². The average Bonchev–Trinajstić information content (AvgIpc) is 1.65. The third-order valence-electron chi connectivity index (χ3n) is 19.3. The molecule has 0 bridgehead atoms. The van der Waals surface area contributed by atoms with Crippen LogP contribution in [0.3, 0.4) is 0 Å². The van der Waals surface area contributed by atoms with Gasteiger partial charge in [-0.2, -0.15) is 0 Å². The number of imidazole rings is 2. The Morgan fingerprint density at radius 3 is 1.45 bits per heavy atom. The number of aromatic nitrogens is 12. The monoisotopic (exact) mass is 1230 g/mol. The van der Waals surface area contributed by atoms with Crippen molar-refractivity contribution in [3.05, 3.63) is 176 Å². The first-order chi connectivity index (χ1) is 43.9. The lowest BCUT2D eigenvalue weighted by Gasteiger charge is -2.41. The van der Waals surface area contributed by atoms with Gasteiger partial charge in [0.15, 0.2) is 0 Å². The fourth-order valence-electron chi connectivity index (χ4n) is 14.3. The molecule has 4 aliphatic carbocycles. The van der Waals surface area contributed by atoms with E-state index >= 15 is 0 Å². The number of benzene rings is 4. The lowest BCUT2D eigenvalue weighted by atomic mass is 9.75. The number of aryl methyl sites for hydroxylation is 4. The molecule has 1 amide bonds. The average molecular weight is 1230 g/mol. The molecule has 0 radical (unpaired) electrons. The topological polar surface area (TPSA) is 281 Å². The second-order valence-corrected chi connectivity index (χ2v) is 24.7. The highest BCUT2D eigenvalue weighted by atomic mass is 19.1. The van der Waals surface area contributed by atoms with Gasteiger partial charge in [0.05, 0.1) is 73.9 Å². The van der Waals surface area contributed by atoms with Crippen molar-refractivity contribution in [2.45, 2.75) is 113 Å². The summed E-state index contributed by atoms with van der Waals surface area (Å²) in [5.41, 5.74) is 18.8. The normalized spacial score (nSPS) is 16.2. The second kappa shape index (κ2) is 23.0. The molecule has 4 aromatic carbocycles. The quantitative estimate of drug-likeness (QED) is 0.0805. The summed E-state index contributed by atoms with van der Waals surface area (Å²) in [7, 11) is 7.82. The van der Waals surface area contributed by atoms with Crippen molar-refractivity contribution >= 4 is 55.7 Å². The molecule has 0 unspecified atom stereocenters. The van der Waals surface area contributed by atoms with E-state index < -0.39 is 23.0 Å². The van der Waals surface area contributed by atoms with Gasteiger partial charge in [-0.1, -0.05) is 37.8 Å². The number of aromatic carboxylic acids is 1. The number of carboxylic acids is 1. The summed E-state index contributed by atoms with van der Waals surface area (Å²) in [6.45, 7) is 0. The van der Waals surface area contributed by atoms with Gasteiger partial charge in [-0.25, -0.2) is 43.3 Å². The summed E-state index contributed by atoms with van der Waals surface area (Å²) >= 11 is 0. The maximum atomic E-state index is 13.9. The molecule has 4 aliphatic rings. The fraction of sp³-hybridized carbons (Fsp3) is 0.324. The number of aromatic amines is 2. The zero-order valence-electron chi connectivity index (χ0n) is 50.6. The van der Waals surface area contributed by atoms with Crippen LogP contribution in [0.25, 0.3) is 89.6 Å². The summed E-state index contributed by atoms with van der Waals surface area (Å²) in [6.07, 6.45) is 17.3. The molecule has 4 fully saturated rings. The molecule has 0 saturated heterocycles. The maximum absolute atomic E-state index is 13.9. The highest BCUT2D eigenvalue weighted by molar-refractivity contribution is 6.01. The molecule has 0 aliphatic heterocycles. The van der Waals surface area contributed by atoms with E-state index in [1.165, 1.54) is 61.3 Å². The van der Waals surface area contributed by atoms with Gasteiger partial charge in [-0.15, -0.1) is 10.2 Å². The zero-order valence-corrected chi connectivity index (χ0v) is 50.6. The van der Waals surface area contributed by atoms with Crippen molar-refractivity contribution in [1.29, 1.82) is 0 Å². The standard InChI is InChI=1S/C34H32FN7O3.C20H19FN2O2.C14H15N5O2/c1-41-26-16-20(8-11-23(26)28(19-6-3-4-7-19)29(41)25-13-10-22(35)18-36-25)30(43)38-34(14-5-15-34)32-37-24-12-9-21(17-27(24)42(32)2)31-39-40-33(44)45-31;1-23-17-10-13(20(24)25)6-8-15(17)18(12-4-2-3-5-12)19(23)16-9-7-14(21)11-22-16;1-19-10-7-8(11-17-18-13(20)21-11)3-4-9(10)16-12(19)14(15)5-2-6-14/h8-13,16-19H,3-7,14-15H2,1-2H3,(H,38,43)(H,40,44);6-12H,2-5H2,1H3,(H,24,25);3-4,7H,2,5-6,15H2,1H3,(H,18,20). The minimum absolute atomic E-state index is 0.160. The summed E-state index contributed by atoms with van der Waals surface area (Å²) in [4.78, 5) is 66.2. The molecule has 12 aromatic rings. The Hall–Kier alpha value is -10.2. The Morgan fingerprint density at radius 1 is 0.571 bits per heavy atom. The number of fused-ring (bicyclic) bond motifs is 4. The molecule has 0 atom stereocenters. The van der Waals surface area contributed by atoms with Gasteiger partial charge in [-0.05, 0) is 172 Å². The molecule has 8 heterocycles. The smallest absolute Gasteiger partial charge is 0.434 e. The molecule has 6 N–H and O–H groups in total. The number of nitrogens with two attached hydrogens (primary N) is 1. The zero-order chi connectivity index (χ0) is 63.0. The third kappa shape index (κ3) is 10.5. The number of amides is 1. The number of carboxylic acid groups (broad SMARTS) is 1. The van der Waals surface area contributed by atoms with Crippen LogP contribution in [0.4, 0.5) is 8.78 Å². The van der Waals surface area contributed by atoms with Crippen LogP contribution in [0.1, 0.15) is 145 Å². The van der Waals surface area contributed by atoms with Crippen molar-refractivity contribution in [2.24, 2.45) is 33.9 Å². The van der Waals surface area contributed by atoms with E-state index in [0.717, 1.165) is 148 Å². The van der Waals surface area contributed by atoms with E-state index in [2.05, 4.69) is 51.3 Å². The fourth-order valence-corrected chi connectivity index (χ4v) is 14.3. The van der Waals surface area contributed by atoms with Gasteiger partial charge in [0.25, 0.3) is 5.91 Å². The predicted octanol–water partition coefficient (Wildman–Crippen LogP) is 12.1. The molecule has 91 heavy (non-hydrogen) atoms. The van der Waals surface area contributed by atoms with E-state index in [1.807, 2.05) is 96.5 Å². The first-order valence-electron chi connectivity index (χ1n) is 30.8. The Labute approximate surface area is 518 Å². The number of H-pyrrole nitrogens is 2. The van der Waals surface area contributed by atoms with E-state index in [4.69, 9.17) is 19.6 Å². The molecule has 16 rings (SSSR count). The molecule has 23 heteroatoms. The molecule has 8 aromatic heterocycles. The van der Waals surface area contributed by atoms with Crippen molar-refractivity contribution in [3.63, 3.8) is 0 Å². The van der Waals surface area contributed by atoms with Gasteiger partial charge in [-0.3, -0.25) is 14.8 Å². The third-order valence-corrected chi connectivity index (χ3v) is 19.3. The molecular weight excluding hydrogens is 1160 g/mol. The molecule has 464 valence electrons. The van der Waals surface area contributed by atoms with Gasteiger partial charge in [0.1, 0.15) is 23.3 Å². The number of pyridine rings is 2. The van der Waals surface area contributed by atoms with Crippen molar-refractivity contribution < 1.29 is 32.3 Å². The van der Waals surface area contributed by atoms with Crippen molar-refractivity contribution in [2.75, 3.05) is 0 Å². The minimum Gasteiger partial charge on any atom is -0.478 e. The lowest BCUT2D eigenvalue weighted by Crippen LogP contribution is -2.52. The van der Waals surface area contributed by atoms with Crippen LogP contribution in [0.15, 0.2) is 128 Å². The first-order valence-corrected chi connectivity index (χ1v) is 30.8. The van der Waals surface area contributed by atoms with E-state index in [1.54, 1.807) is 24.3 Å². The summed E-state index contributed by atoms with van der Waals surface area (Å²) < 4.78 is 45.3. The Kier molecular flexibility index (Phi) is 14.8. The van der Waals surface area contributed by atoms with Crippen LogP contribution in [0.2, 0.25) is 0 Å². The summed E-state index contributed by atoms with van der Waals surface area (Å²) in [6, 6.07) is 28.7. The molecule has 4 saturated carbocycles. The van der Waals surface area contributed by atoms with Gasteiger partial charge < -0.3 is 43.3 Å². The van der Waals surface area contributed by atoms with E-state index in [0.29, 0.717) is 23.0 Å². The van der Waals surface area contributed by atoms with E-state index in [-0.39, 0.29) is 40.4 Å². The number of carbonyl (C=O) groups is 2. The Balaban J connectivity index is 0.000000132. The highest BCUT2D eigenvalue weighted by Crippen LogP contribution is 2.47. The highest BCUT2D eigenvalue weighted by Gasteiger charge is 2.44. The van der Waals surface area contributed by atoms with Crippen LogP contribution >= 0.6 is 0 Å². The minimum atomic E-state index is -0.938. The number of hydrogen-bond acceptors (Lipinski definition) is 13. The number of rotatable bonds is 11. The second-order valence-electron chi connectivity index (χ2n) is 24.7. The maximum Gasteiger partial charge on any atom is 0.434 e. The lowest BCUT2D eigenvalue weighted by molar-refractivity contribution is 0.0696. The van der Waals surface area contributed by atoms with Crippen LogP contribution < -0.4 is 22.6 Å². The summed E-state index contributed by atoms with van der Waals surface area (Å²) in [5, 5.41) is 27.2. The number of hydrogen-bond donors (Lipinski definition) is 5. The number of nitrogens with zero attached hydrogens (tertiary/aromatic N) is 10. The van der Waals surface area contributed by atoms with Gasteiger partial charge in [0.2, 0.25) is 11.8 Å². The number of nitrogens with one attached hydrogen (secondary N) is 3. The van der Waals surface area contributed by atoms with Gasteiger partial charge >= 0.3 is 17.5 Å². The molecular formula is C68H66F2N14O7. The first kappa shape index (κ1) is 58.5. The summed E-state index contributed by atoms with van der Waals surface area (Å²) in [5.74, 6) is 0.00283. The Bertz CT molecular complexity index is 4930. The van der Waals surface area contributed by atoms with Crippen LogP contribution in [0, 0.1) is 11.6 Å². The predicted molar refractivity (Wildman–Crippen MR) is 338 cm³/mol. The van der Waals surface area contributed by atoms with Crippen molar-refractivity contribution in [1.82, 2.24) is 63.9 Å². The Morgan fingerprint density at radius 2 is 1.03 bits per heavy atom. The SMILES string of the molecule is Cn1c(-c2ccc(F)cn2)c(C2CCCC2)c2ccc(C(=O)O)cc21.Cn1c(C2(N)CCC2)nc2ccc(-c3n[nH]c(=O)o3)cc21.Cn1c(C2(NC(=O)c3ccc4c(C5CCCC5)c(-c5ccc(F)cn5)n(C)c4c3)CCC2)nc2ccc(-c3n[nH]c(=O)o3)cc21. The van der Waals surface area contributed by atoms with E-state index in [9.17, 15) is 33.1 Å². The largest absolute Gasteiger partial charge is 0.478 e. The van der Waals surface area contributed by atoms with Crippen LogP contribution in [-0.4, -0.2) is 75.6 Å². The van der Waals surface area contributed by atoms with Crippen LogP contribution in [0.5, 0.6) is 0 Å². The van der Waals surface area contributed by atoms with Gasteiger partial charge in [0, 0.05) is 66.7 Å². The molecule has 0 spiro atoms. The number of carbonyl (C=O) groups excluding carboxylic acids is 1. The molecule has 21 nitrogen and oxygen atoms in total. The number of halogens is 2. The van der Waals surface area contributed by atoms with Crippen molar-refractivity contribution in [3.8, 4) is 45.7 Å².